The van der Waals surface area contributed by atoms with Crippen LogP contribution in [-0.2, 0) is 10.0 Å². The van der Waals surface area contributed by atoms with Crippen molar-refractivity contribution in [3.05, 3.63) is 65.2 Å². The smallest absolute Gasteiger partial charge is 0.251 e. The van der Waals surface area contributed by atoms with E-state index in [1.807, 2.05) is 44.2 Å². The Bertz CT molecular complexity index is 846. The summed E-state index contributed by atoms with van der Waals surface area (Å²) in [6.07, 6.45) is 0. The summed E-state index contributed by atoms with van der Waals surface area (Å²) in [6, 6.07) is 13.5. The molecule has 2 aromatic carbocycles. The van der Waals surface area contributed by atoms with Crippen LogP contribution in [0, 0.1) is 6.92 Å². The van der Waals surface area contributed by atoms with E-state index in [0.717, 1.165) is 11.1 Å². The van der Waals surface area contributed by atoms with Gasteiger partial charge in [-0.25, -0.2) is 13.1 Å². The molecule has 0 saturated carbocycles. The Kier molecular flexibility index (Phi) is 5.98. The highest BCUT2D eigenvalue weighted by Gasteiger charge is 2.21. The second-order valence-corrected chi connectivity index (χ2v) is 8.07. The maximum Gasteiger partial charge on any atom is 0.251 e. The van der Waals surface area contributed by atoms with E-state index in [2.05, 4.69) is 10.0 Å². The number of carbonyl (C=O) groups is 1. The van der Waals surface area contributed by atoms with E-state index in [-0.39, 0.29) is 22.9 Å². The minimum absolute atomic E-state index is 0.0246. The lowest BCUT2D eigenvalue weighted by Gasteiger charge is -2.16. The van der Waals surface area contributed by atoms with Crippen molar-refractivity contribution in [2.45, 2.75) is 44.7 Å². The van der Waals surface area contributed by atoms with Crippen molar-refractivity contribution in [3.8, 4) is 0 Å². The number of nitrogens with one attached hydrogen (secondary N) is 2. The van der Waals surface area contributed by atoms with Gasteiger partial charge in [-0.1, -0.05) is 36.4 Å². The molecular formula is C19H24N2O3S. The molecule has 0 heterocycles. The number of aryl methyl sites for hydroxylation is 1. The van der Waals surface area contributed by atoms with Crippen LogP contribution in [0.2, 0.25) is 0 Å². The Balaban J connectivity index is 2.29. The first kappa shape index (κ1) is 19.1. The fraction of sp³-hybridized carbons (Fsp3) is 0.316. The zero-order chi connectivity index (χ0) is 18.6. The summed E-state index contributed by atoms with van der Waals surface area (Å²) in [5.74, 6) is -0.277. The zero-order valence-corrected chi connectivity index (χ0v) is 15.7. The summed E-state index contributed by atoms with van der Waals surface area (Å²) in [5, 5.41) is 2.79. The quantitative estimate of drug-likeness (QED) is 0.831. The van der Waals surface area contributed by atoms with Gasteiger partial charge in [-0.05, 0) is 51.0 Å². The molecule has 2 N–H and O–H groups in total. The van der Waals surface area contributed by atoms with E-state index in [1.165, 1.54) is 12.1 Å². The number of sulfonamides is 1. The molecule has 0 aromatic heterocycles. The van der Waals surface area contributed by atoms with E-state index in [9.17, 15) is 13.2 Å². The number of hydrogen-bond acceptors (Lipinski definition) is 3. The predicted molar refractivity (Wildman–Crippen MR) is 99.0 cm³/mol. The van der Waals surface area contributed by atoms with Crippen LogP contribution in [0.3, 0.4) is 0 Å². The number of benzene rings is 2. The van der Waals surface area contributed by atoms with Crippen molar-refractivity contribution in [1.29, 1.82) is 0 Å². The second-order valence-electron chi connectivity index (χ2n) is 6.36. The Hall–Kier alpha value is -2.18. The highest BCUT2D eigenvalue weighted by molar-refractivity contribution is 7.89. The minimum Gasteiger partial charge on any atom is -0.350 e. The number of hydrogen-bond donors (Lipinski definition) is 2. The van der Waals surface area contributed by atoms with E-state index in [4.69, 9.17) is 0 Å². The molecule has 1 atom stereocenters. The fourth-order valence-corrected chi connectivity index (χ4v) is 3.72. The van der Waals surface area contributed by atoms with E-state index in [0.29, 0.717) is 5.56 Å². The van der Waals surface area contributed by atoms with Gasteiger partial charge in [0.2, 0.25) is 10.0 Å². The molecule has 0 saturated heterocycles. The van der Waals surface area contributed by atoms with E-state index in [1.54, 1.807) is 19.9 Å². The molecule has 2 rings (SSSR count). The molecule has 0 fully saturated rings. The second kappa shape index (κ2) is 7.80. The first-order chi connectivity index (χ1) is 11.7. The molecule has 0 aliphatic carbocycles. The summed E-state index contributed by atoms with van der Waals surface area (Å²) in [6.45, 7) is 7.28. The Morgan fingerprint density at radius 1 is 1.00 bits per heavy atom. The molecule has 5 nitrogen and oxygen atoms in total. The van der Waals surface area contributed by atoms with Gasteiger partial charge in [-0.2, -0.15) is 0 Å². The topological polar surface area (TPSA) is 75.3 Å². The molecule has 0 unspecified atom stereocenters. The Labute approximate surface area is 149 Å². The third-order valence-electron chi connectivity index (χ3n) is 3.82. The highest BCUT2D eigenvalue weighted by Crippen LogP contribution is 2.19. The summed E-state index contributed by atoms with van der Waals surface area (Å²) in [5.41, 5.74) is 1.97. The lowest BCUT2D eigenvalue weighted by atomic mass is 10.1. The predicted octanol–water partition coefficient (Wildman–Crippen LogP) is 3.17. The van der Waals surface area contributed by atoms with Crippen molar-refractivity contribution in [2.75, 3.05) is 0 Å². The van der Waals surface area contributed by atoms with Gasteiger partial charge in [0.1, 0.15) is 0 Å². The van der Waals surface area contributed by atoms with Crippen LogP contribution in [0.4, 0.5) is 0 Å². The van der Waals surface area contributed by atoms with Crippen LogP contribution < -0.4 is 10.0 Å². The van der Waals surface area contributed by atoms with Crippen molar-refractivity contribution in [2.24, 2.45) is 0 Å². The normalized spacial score (nSPS) is 12.8. The van der Waals surface area contributed by atoms with Crippen LogP contribution in [0.15, 0.2) is 53.4 Å². The van der Waals surface area contributed by atoms with Gasteiger partial charge in [0.15, 0.2) is 0 Å². The number of amides is 1. The molecule has 0 aliphatic heterocycles. The summed E-state index contributed by atoms with van der Waals surface area (Å²) in [4.78, 5) is 12.4. The third kappa shape index (κ3) is 4.90. The average molecular weight is 360 g/mol. The molecule has 6 heteroatoms. The van der Waals surface area contributed by atoms with Crippen LogP contribution in [0.25, 0.3) is 0 Å². The SMILES string of the molecule is Cc1ccc(S(=O)(=O)N[C@H](C)c2ccccc2)cc1C(=O)NC(C)C. The van der Waals surface area contributed by atoms with Crippen LogP contribution in [0.5, 0.6) is 0 Å². The number of rotatable bonds is 6. The largest absolute Gasteiger partial charge is 0.350 e. The van der Waals surface area contributed by atoms with Crippen molar-refractivity contribution in [1.82, 2.24) is 10.0 Å². The van der Waals surface area contributed by atoms with E-state index >= 15 is 0 Å². The Morgan fingerprint density at radius 2 is 1.64 bits per heavy atom. The van der Waals surface area contributed by atoms with Crippen LogP contribution >= 0.6 is 0 Å². The molecular weight excluding hydrogens is 336 g/mol. The Morgan fingerprint density at radius 3 is 2.24 bits per heavy atom. The first-order valence-corrected chi connectivity index (χ1v) is 9.68. The molecule has 25 heavy (non-hydrogen) atoms. The van der Waals surface area contributed by atoms with Crippen molar-refractivity contribution < 1.29 is 13.2 Å². The number of carbonyl (C=O) groups excluding carboxylic acids is 1. The van der Waals surface area contributed by atoms with Gasteiger partial charge in [0, 0.05) is 17.6 Å². The lowest BCUT2D eigenvalue weighted by Crippen LogP contribution is -2.31. The summed E-state index contributed by atoms with van der Waals surface area (Å²) < 4.78 is 28.0. The molecule has 134 valence electrons. The van der Waals surface area contributed by atoms with Gasteiger partial charge in [-0.3, -0.25) is 4.79 Å². The van der Waals surface area contributed by atoms with Gasteiger partial charge in [-0.15, -0.1) is 0 Å². The standard InChI is InChI=1S/C19H24N2O3S/c1-13(2)20-19(22)18-12-17(11-10-14(18)3)25(23,24)21-15(4)16-8-6-5-7-9-16/h5-13,15,21H,1-4H3,(H,20,22)/t15-/m1/s1. The fourth-order valence-electron chi connectivity index (χ4n) is 2.46. The van der Waals surface area contributed by atoms with Crippen molar-refractivity contribution in [3.63, 3.8) is 0 Å². The molecule has 0 bridgehead atoms. The van der Waals surface area contributed by atoms with E-state index < -0.39 is 10.0 Å². The maximum atomic E-state index is 12.7. The molecule has 0 radical (unpaired) electrons. The lowest BCUT2D eigenvalue weighted by molar-refractivity contribution is 0.0942. The van der Waals surface area contributed by atoms with Gasteiger partial charge >= 0.3 is 0 Å². The minimum atomic E-state index is -3.74. The molecule has 0 spiro atoms. The molecule has 0 aliphatic rings. The zero-order valence-electron chi connectivity index (χ0n) is 14.9. The third-order valence-corrected chi connectivity index (χ3v) is 5.35. The highest BCUT2D eigenvalue weighted by atomic mass is 32.2. The summed E-state index contributed by atoms with van der Waals surface area (Å²) in [7, 11) is -3.74. The van der Waals surface area contributed by atoms with Crippen LogP contribution in [-0.4, -0.2) is 20.4 Å². The monoisotopic (exact) mass is 360 g/mol. The first-order valence-electron chi connectivity index (χ1n) is 8.19. The maximum absolute atomic E-state index is 12.7. The van der Waals surface area contributed by atoms with Gasteiger partial charge < -0.3 is 5.32 Å². The summed E-state index contributed by atoms with van der Waals surface area (Å²) >= 11 is 0. The van der Waals surface area contributed by atoms with Gasteiger partial charge in [0.05, 0.1) is 4.90 Å². The molecule has 2 aromatic rings. The van der Waals surface area contributed by atoms with Crippen molar-refractivity contribution >= 4 is 15.9 Å². The molecule has 1 amide bonds. The average Bonchev–Trinajstić information content (AvgIpc) is 2.54. The van der Waals surface area contributed by atoms with Gasteiger partial charge in [0.25, 0.3) is 5.91 Å². The van der Waals surface area contributed by atoms with Crippen LogP contribution in [0.1, 0.15) is 48.3 Å².